The lowest BCUT2D eigenvalue weighted by atomic mass is 9.98. The predicted octanol–water partition coefficient (Wildman–Crippen LogP) is 14.4. The Bertz CT molecular complexity index is 3470. The van der Waals surface area contributed by atoms with Crippen LogP contribution in [0.15, 0.2) is 185 Å². The van der Waals surface area contributed by atoms with Gasteiger partial charge < -0.3 is 8.83 Å². The van der Waals surface area contributed by atoms with Crippen LogP contribution in [-0.4, -0.2) is 15.0 Å². The summed E-state index contributed by atoms with van der Waals surface area (Å²) in [4.78, 5) is 14.7. The maximum absolute atomic E-state index is 6.51. The molecule has 5 nitrogen and oxygen atoms in total. The quantitative estimate of drug-likeness (QED) is 0.175. The van der Waals surface area contributed by atoms with E-state index in [9.17, 15) is 0 Å². The number of benzene rings is 8. The van der Waals surface area contributed by atoms with Gasteiger partial charge >= 0.3 is 0 Å². The van der Waals surface area contributed by atoms with Crippen molar-refractivity contribution in [1.29, 1.82) is 0 Å². The van der Waals surface area contributed by atoms with Crippen LogP contribution >= 0.6 is 11.3 Å². The number of rotatable bonds is 5. The van der Waals surface area contributed by atoms with Crippen LogP contribution in [0.3, 0.4) is 0 Å². The first-order valence-corrected chi connectivity index (χ1v) is 19.7. The Hall–Kier alpha value is -7.41. The van der Waals surface area contributed by atoms with E-state index in [4.69, 9.17) is 23.8 Å². The molecule has 8 aromatic carbocycles. The summed E-state index contributed by atoms with van der Waals surface area (Å²) in [5.41, 5.74) is 10.8. The van der Waals surface area contributed by atoms with E-state index >= 15 is 0 Å². The molecule has 0 aliphatic rings. The normalized spacial score (nSPS) is 11.9. The molecule has 0 spiro atoms. The van der Waals surface area contributed by atoms with E-state index in [0.717, 1.165) is 71.7 Å². The molecular formula is C51H29N3O2S. The van der Waals surface area contributed by atoms with Crippen LogP contribution in [0.2, 0.25) is 0 Å². The highest BCUT2D eigenvalue weighted by Crippen LogP contribution is 2.46. The van der Waals surface area contributed by atoms with Crippen LogP contribution < -0.4 is 0 Å². The fourth-order valence-corrected chi connectivity index (χ4v) is 9.60. The third-order valence-electron chi connectivity index (χ3n) is 11.0. The number of fused-ring (bicyclic) bond motifs is 9. The zero-order chi connectivity index (χ0) is 37.5. The van der Waals surface area contributed by atoms with Crippen LogP contribution in [-0.2, 0) is 0 Å². The highest BCUT2D eigenvalue weighted by atomic mass is 32.1. The first-order chi connectivity index (χ1) is 28.2. The van der Waals surface area contributed by atoms with Gasteiger partial charge in [0.05, 0.1) is 0 Å². The van der Waals surface area contributed by atoms with Gasteiger partial charge in [-0.3, -0.25) is 0 Å². The summed E-state index contributed by atoms with van der Waals surface area (Å²) in [6, 6.07) is 60.9. The molecule has 0 saturated heterocycles. The molecule has 0 amide bonds. The van der Waals surface area contributed by atoms with Crippen LogP contribution in [0, 0.1) is 0 Å². The molecule has 12 aromatic rings. The summed E-state index contributed by atoms with van der Waals surface area (Å²) in [7, 11) is 0. The number of para-hydroxylation sites is 2. The Morgan fingerprint density at radius 2 is 0.860 bits per heavy atom. The second-order valence-electron chi connectivity index (χ2n) is 14.3. The van der Waals surface area contributed by atoms with E-state index in [1.54, 1.807) is 0 Å². The lowest BCUT2D eigenvalue weighted by molar-refractivity contribution is 0.669. The van der Waals surface area contributed by atoms with Crippen LogP contribution in [0.5, 0.6) is 0 Å². The topological polar surface area (TPSA) is 65.0 Å². The van der Waals surface area contributed by atoms with E-state index in [1.165, 1.54) is 31.3 Å². The van der Waals surface area contributed by atoms with Crippen LogP contribution in [0.1, 0.15) is 0 Å². The number of nitrogens with zero attached hydrogens (tertiary/aromatic N) is 3. The largest absolute Gasteiger partial charge is 0.456 e. The molecule has 0 N–H and O–H groups in total. The van der Waals surface area contributed by atoms with Crippen LogP contribution in [0.4, 0.5) is 0 Å². The lowest BCUT2D eigenvalue weighted by Crippen LogP contribution is -2.00. The molecule has 4 aromatic heterocycles. The van der Waals surface area contributed by atoms with Gasteiger partial charge in [-0.25, -0.2) is 15.0 Å². The molecular weight excluding hydrogens is 719 g/mol. The molecule has 0 unspecified atom stereocenters. The first kappa shape index (κ1) is 31.9. The van der Waals surface area contributed by atoms with Crippen molar-refractivity contribution < 1.29 is 8.83 Å². The highest BCUT2D eigenvalue weighted by molar-refractivity contribution is 7.26. The second kappa shape index (κ2) is 12.6. The van der Waals surface area contributed by atoms with Crippen molar-refractivity contribution in [3.05, 3.63) is 176 Å². The van der Waals surface area contributed by atoms with Crippen molar-refractivity contribution in [3.8, 4) is 56.4 Å². The number of hydrogen-bond acceptors (Lipinski definition) is 6. The number of hydrogen-bond donors (Lipinski definition) is 0. The molecule has 57 heavy (non-hydrogen) atoms. The minimum atomic E-state index is 0.595. The molecule has 6 heteroatoms. The third kappa shape index (κ3) is 5.12. The monoisotopic (exact) mass is 747 g/mol. The van der Waals surface area contributed by atoms with E-state index in [1.807, 2.05) is 90.2 Å². The van der Waals surface area contributed by atoms with Crippen molar-refractivity contribution in [2.45, 2.75) is 0 Å². The summed E-state index contributed by atoms with van der Waals surface area (Å²) < 4.78 is 15.5. The molecule has 0 radical (unpaired) electrons. The maximum Gasteiger partial charge on any atom is 0.164 e. The third-order valence-corrected chi connectivity index (χ3v) is 12.2. The molecule has 0 fully saturated rings. The van der Waals surface area contributed by atoms with Gasteiger partial charge in [-0.2, -0.15) is 0 Å². The van der Waals surface area contributed by atoms with E-state index in [2.05, 4.69) is 97.1 Å². The van der Waals surface area contributed by atoms with Crippen molar-refractivity contribution >= 4 is 75.4 Å². The molecule has 0 aliphatic heterocycles. The van der Waals surface area contributed by atoms with E-state index in [0.29, 0.717) is 17.5 Å². The average molecular weight is 748 g/mol. The van der Waals surface area contributed by atoms with Gasteiger partial charge in [0.2, 0.25) is 0 Å². The molecule has 0 saturated carbocycles. The minimum Gasteiger partial charge on any atom is -0.456 e. The van der Waals surface area contributed by atoms with Gasteiger partial charge in [-0.05, 0) is 41.5 Å². The van der Waals surface area contributed by atoms with E-state index in [-0.39, 0.29) is 0 Å². The van der Waals surface area contributed by atoms with Crippen molar-refractivity contribution in [2.24, 2.45) is 0 Å². The molecule has 0 atom stereocenters. The summed E-state index contributed by atoms with van der Waals surface area (Å²) >= 11 is 1.85. The van der Waals surface area contributed by atoms with E-state index < -0.39 is 0 Å². The van der Waals surface area contributed by atoms with Gasteiger partial charge in [0, 0.05) is 69.5 Å². The minimum absolute atomic E-state index is 0.595. The van der Waals surface area contributed by atoms with Gasteiger partial charge in [-0.1, -0.05) is 146 Å². The first-order valence-electron chi connectivity index (χ1n) is 18.9. The Balaban J connectivity index is 0.974. The lowest BCUT2D eigenvalue weighted by Gasteiger charge is -2.08. The summed E-state index contributed by atoms with van der Waals surface area (Å²) in [5, 5.41) is 6.87. The zero-order valence-corrected chi connectivity index (χ0v) is 31.1. The Morgan fingerprint density at radius 1 is 0.316 bits per heavy atom. The Kier molecular flexibility index (Phi) is 7.03. The van der Waals surface area contributed by atoms with Gasteiger partial charge in [0.25, 0.3) is 0 Å². The second-order valence-corrected chi connectivity index (χ2v) is 15.3. The molecule has 12 rings (SSSR count). The molecule has 0 aliphatic carbocycles. The van der Waals surface area contributed by atoms with Crippen molar-refractivity contribution in [3.63, 3.8) is 0 Å². The maximum atomic E-state index is 6.51. The summed E-state index contributed by atoms with van der Waals surface area (Å²) in [6.07, 6.45) is 0. The highest BCUT2D eigenvalue weighted by Gasteiger charge is 2.19. The Labute approximate surface area is 330 Å². The van der Waals surface area contributed by atoms with Crippen molar-refractivity contribution in [1.82, 2.24) is 15.0 Å². The zero-order valence-electron chi connectivity index (χ0n) is 30.3. The molecule has 266 valence electrons. The number of aromatic nitrogens is 3. The average Bonchev–Trinajstić information content (AvgIpc) is 3.98. The fourth-order valence-electron chi connectivity index (χ4n) is 8.24. The predicted molar refractivity (Wildman–Crippen MR) is 234 cm³/mol. The molecule has 4 heterocycles. The summed E-state index contributed by atoms with van der Waals surface area (Å²) in [6.45, 7) is 0. The number of furan rings is 2. The van der Waals surface area contributed by atoms with Crippen LogP contribution in [0.25, 0.3) is 120 Å². The van der Waals surface area contributed by atoms with Gasteiger partial charge in [0.15, 0.2) is 17.5 Å². The summed E-state index contributed by atoms with van der Waals surface area (Å²) in [5.74, 6) is 1.85. The van der Waals surface area contributed by atoms with Gasteiger partial charge in [-0.15, -0.1) is 11.3 Å². The van der Waals surface area contributed by atoms with Crippen molar-refractivity contribution in [2.75, 3.05) is 0 Å². The Morgan fingerprint density at radius 3 is 1.60 bits per heavy atom. The standard InChI is InChI=1S/C51H29N3O2S/c1-3-12-30(13-4-1)49-52-50(31-14-5-2-6-15-31)54-51(53-49)33-24-26-36-42-28-32(25-27-44(42)55-45(36)29-33)34-17-9-21-40-41-22-11-20-39(48(41)57-47(34)40)38-19-10-18-37-35-16-7-8-23-43(35)56-46(37)38/h1-29H. The smallest absolute Gasteiger partial charge is 0.164 e. The SMILES string of the molecule is c1ccc(-c2nc(-c3ccccc3)nc(-c3ccc4c(c3)oc3ccc(-c5cccc6c5sc5c(-c7cccc8c7oc7ccccc78)cccc56)cc34)n2)cc1. The number of thiophene rings is 1. The van der Waals surface area contributed by atoms with Gasteiger partial charge in [0.1, 0.15) is 22.3 Å². The molecule has 0 bridgehead atoms. The fraction of sp³-hybridized carbons (Fsp3) is 0.